The van der Waals surface area contributed by atoms with Gasteiger partial charge >= 0.3 is 0 Å². The molecule has 0 saturated carbocycles. The van der Waals surface area contributed by atoms with Crippen molar-refractivity contribution in [2.75, 3.05) is 25.0 Å². The number of aryl methyl sites for hydroxylation is 1. The van der Waals surface area contributed by atoms with E-state index in [0.29, 0.717) is 12.6 Å². The molecule has 1 aliphatic rings. The Balaban J connectivity index is 1.42. The number of para-hydroxylation sites is 2. The van der Waals surface area contributed by atoms with Gasteiger partial charge in [-0.1, -0.05) is 39.3 Å². The van der Waals surface area contributed by atoms with Gasteiger partial charge in [0, 0.05) is 37.7 Å². The van der Waals surface area contributed by atoms with E-state index in [1.807, 2.05) is 24.3 Å². The molecule has 3 aromatic rings. The standard InChI is InChI=1S/C24H34N6O/c1-24(2,3)21-12-13-22(31)30(27-21)16-15-29-14-8-7-9-18(29)17-25-23-26-19-10-5-6-11-20(19)28(23)4/h5-6,10-13,18H,7-9,14-17H2,1-4H3,(H,25,26). The van der Waals surface area contributed by atoms with E-state index in [2.05, 4.69) is 53.8 Å². The van der Waals surface area contributed by atoms with Gasteiger partial charge in [-0.3, -0.25) is 9.69 Å². The summed E-state index contributed by atoms with van der Waals surface area (Å²) in [4.78, 5) is 19.6. The van der Waals surface area contributed by atoms with Gasteiger partial charge in [-0.15, -0.1) is 0 Å². The van der Waals surface area contributed by atoms with E-state index in [9.17, 15) is 4.79 Å². The highest BCUT2D eigenvalue weighted by Crippen LogP contribution is 2.21. The van der Waals surface area contributed by atoms with Crippen molar-refractivity contribution in [1.82, 2.24) is 24.2 Å². The molecule has 4 rings (SSSR count). The molecule has 2 aromatic heterocycles. The van der Waals surface area contributed by atoms with E-state index in [1.165, 1.54) is 12.8 Å². The molecule has 31 heavy (non-hydrogen) atoms. The number of imidazole rings is 1. The smallest absolute Gasteiger partial charge is 0.266 e. The highest BCUT2D eigenvalue weighted by atomic mass is 16.1. The monoisotopic (exact) mass is 422 g/mol. The molecule has 0 amide bonds. The number of nitrogens with zero attached hydrogens (tertiary/aromatic N) is 5. The van der Waals surface area contributed by atoms with E-state index >= 15 is 0 Å². The van der Waals surface area contributed by atoms with Crippen LogP contribution >= 0.6 is 0 Å². The van der Waals surface area contributed by atoms with Crippen LogP contribution in [0.3, 0.4) is 0 Å². The molecule has 0 bridgehead atoms. The summed E-state index contributed by atoms with van der Waals surface area (Å²) in [5.74, 6) is 0.905. The third-order valence-electron chi connectivity index (χ3n) is 6.27. The van der Waals surface area contributed by atoms with Crippen LogP contribution in [-0.2, 0) is 19.0 Å². The number of benzene rings is 1. The van der Waals surface area contributed by atoms with Crippen molar-refractivity contribution in [3.8, 4) is 0 Å². The summed E-state index contributed by atoms with van der Waals surface area (Å²) in [6.07, 6.45) is 3.59. The molecule has 1 aliphatic heterocycles. The Morgan fingerprint density at radius 1 is 1.10 bits per heavy atom. The van der Waals surface area contributed by atoms with Crippen LogP contribution < -0.4 is 10.9 Å². The fraction of sp³-hybridized carbons (Fsp3) is 0.542. The molecule has 7 nitrogen and oxygen atoms in total. The van der Waals surface area contributed by atoms with Crippen LogP contribution in [0.25, 0.3) is 11.0 Å². The third-order valence-corrected chi connectivity index (χ3v) is 6.27. The Labute approximate surface area is 184 Å². The number of hydrogen-bond donors (Lipinski definition) is 1. The fourth-order valence-electron chi connectivity index (χ4n) is 4.33. The van der Waals surface area contributed by atoms with Crippen molar-refractivity contribution in [2.45, 2.75) is 58.0 Å². The van der Waals surface area contributed by atoms with Gasteiger partial charge in [-0.05, 0) is 37.6 Å². The first-order valence-corrected chi connectivity index (χ1v) is 11.3. The normalized spacial score (nSPS) is 17.9. The molecular formula is C24H34N6O. The zero-order valence-corrected chi connectivity index (χ0v) is 19.1. The molecular weight excluding hydrogens is 388 g/mol. The number of piperidine rings is 1. The Morgan fingerprint density at radius 3 is 2.68 bits per heavy atom. The minimum Gasteiger partial charge on any atom is -0.354 e. The lowest BCUT2D eigenvalue weighted by molar-refractivity contribution is 0.147. The Morgan fingerprint density at radius 2 is 1.90 bits per heavy atom. The van der Waals surface area contributed by atoms with E-state index in [1.54, 1.807) is 10.7 Å². The van der Waals surface area contributed by atoms with Crippen LogP contribution in [0.15, 0.2) is 41.2 Å². The molecule has 1 N–H and O–H groups in total. The lowest BCUT2D eigenvalue weighted by Gasteiger charge is -2.36. The summed E-state index contributed by atoms with van der Waals surface area (Å²) < 4.78 is 3.75. The number of rotatable bonds is 6. The number of likely N-dealkylation sites (tertiary alicyclic amines) is 1. The lowest BCUT2D eigenvalue weighted by Crippen LogP contribution is -2.46. The van der Waals surface area contributed by atoms with Gasteiger partial charge in [0.1, 0.15) is 0 Å². The lowest BCUT2D eigenvalue weighted by atomic mass is 9.92. The van der Waals surface area contributed by atoms with Gasteiger partial charge in [-0.25, -0.2) is 9.67 Å². The van der Waals surface area contributed by atoms with Gasteiger partial charge in [0.25, 0.3) is 5.56 Å². The van der Waals surface area contributed by atoms with Gasteiger partial charge in [0.15, 0.2) is 0 Å². The largest absolute Gasteiger partial charge is 0.354 e. The van der Waals surface area contributed by atoms with Crippen LogP contribution in [0.1, 0.15) is 45.7 Å². The third kappa shape index (κ3) is 4.82. The van der Waals surface area contributed by atoms with Crippen LogP contribution in [-0.4, -0.2) is 49.9 Å². The quantitative estimate of drug-likeness (QED) is 0.659. The summed E-state index contributed by atoms with van der Waals surface area (Å²) in [7, 11) is 2.05. The fourth-order valence-corrected chi connectivity index (χ4v) is 4.33. The molecule has 0 radical (unpaired) electrons. The van der Waals surface area contributed by atoms with Crippen molar-refractivity contribution >= 4 is 17.0 Å². The molecule has 166 valence electrons. The number of anilines is 1. The van der Waals surface area contributed by atoms with Crippen LogP contribution in [0.4, 0.5) is 5.95 Å². The highest BCUT2D eigenvalue weighted by molar-refractivity contribution is 5.78. The van der Waals surface area contributed by atoms with E-state index in [-0.39, 0.29) is 11.0 Å². The summed E-state index contributed by atoms with van der Waals surface area (Å²) in [5.41, 5.74) is 3.00. The first-order chi connectivity index (χ1) is 14.8. The Kier molecular flexibility index (Phi) is 6.14. The molecule has 1 saturated heterocycles. The van der Waals surface area contributed by atoms with Crippen molar-refractivity contribution in [3.63, 3.8) is 0 Å². The molecule has 3 heterocycles. The average molecular weight is 423 g/mol. The molecule has 1 unspecified atom stereocenters. The van der Waals surface area contributed by atoms with Crippen molar-refractivity contribution in [1.29, 1.82) is 0 Å². The van der Waals surface area contributed by atoms with Gasteiger partial charge < -0.3 is 9.88 Å². The topological polar surface area (TPSA) is 68.0 Å². The maximum atomic E-state index is 12.3. The first kappa shape index (κ1) is 21.6. The van der Waals surface area contributed by atoms with Crippen molar-refractivity contribution < 1.29 is 0 Å². The summed E-state index contributed by atoms with van der Waals surface area (Å²) in [6.45, 7) is 9.72. The van der Waals surface area contributed by atoms with Crippen LogP contribution in [0.5, 0.6) is 0 Å². The minimum absolute atomic E-state index is 0.0283. The molecule has 1 fully saturated rings. The molecule has 0 spiro atoms. The number of hydrogen-bond acceptors (Lipinski definition) is 5. The maximum absolute atomic E-state index is 12.3. The number of aromatic nitrogens is 4. The Bertz CT molecular complexity index is 1090. The first-order valence-electron chi connectivity index (χ1n) is 11.3. The maximum Gasteiger partial charge on any atom is 0.266 e. The highest BCUT2D eigenvalue weighted by Gasteiger charge is 2.23. The molecule has 0 aliphatic carbocycles. The van der Waals surface area contributed by atoms with Crippen LogP contribution in [0, 0.1) is 0 Å². The molecule has 7 heteroatoms. The minimum atomic E-state index is -0.0708. The average Bonchev–Trinajstić information content (AvgIpc) is 3.07. The predicted octanol–water partition coefficient (Wildman–Crippen LogP) is 3.39. The molecule has 1 atom stereocenters. The summed E-state index contributed by atoms with van der Waals surface area (Å²) in [5, 5.41) is 8.20. The molecule has 1 aromatic carbocycles. The van der Waals surface area contributed by atoms with E-state index in [0.717, 1.165) is 48.7 Å². The van der Waals surface area contributed by atoms with E-state index in [4.69, 9.17) is 4.98 Å². The Hall–Kier alpha value is -2.67. The SMILES string of the molecule is Cn1c(NCC2CCCCN2CCn2nc(C(C)(C)C)ccc2=O)nc2ccccc21. The van der Waals surface area contributed by atoms with Crippen molar-refractivity contribution in [3.05, 3.63) is 52.4 Å². The number of fused-ring (bicyclic) bond motifs is 1. The predicted molar refractivity (Wildman–Crippen MR) is 126 cm³/mol. The van der Waals surface area contributed by atoms with Gasteiger partial charge in [-0.2, -0.15) is 5.10 Å². The van der Waals surface area contributed by atoms with Gasteiger partial charge in [0.2, 0.25) is 5.95 Å². The summed E-state index contributed by atoms with van der Waals surface area (Å²) >= 11 is 0. The second-order valence-electron chi connectivity index (χ2n) is 9.58. The van der Waals surface area contributed by atoms with Gasteiger partial charge in [0.05, 0.1) is 23.3 Å². The second kappa shape index (κ2) is 8.83. The van der Waals surface area contributed by atoms with Crippen molar-refractivity contribution in [2.24, 2.45) is 7.05 Å². The zero-order chi connectivity index (χ0) is 22.0. The number of nitrogens with one attached hydrogen (secondary N) is 1. The zero-order valence-electron chi connectivity index (χ0n) is 19.1. The van der Waals surface area contributed by atoms with Crippen LogP contribution in [0.2, 0.25) is 0 Å². The van der Waals surface area contributed by atoms with E-state index < -0.39 is 0 Å². The second-order valence-corrected chi connectivity index (χ2v) is 9.58. The summed E-state index contributed by atoms with van der Waals surface area (Å²) in [6, 6.07) is 12.1.